The maximum Gasteiger partial charge on any atom is 0.306 e. The molecule has 3 fully saturated rings. The van der Waals surface area contributed by atoms with Crippen molar-refractivity contribution in [3.63, 3.8) is 0 Å². The van der Waals surface area contributed by atoms with Crippen LogP contribution in [0.3, 0.4) is 0 Å². The van der Waals surface area contributed by atoms with Crippen LogP contribution >= 0.6 is 0 Å². The van der Waals surface area contributed by atoms with Gasteiger partial charge in [-0.2, -0.15) is 0 Å². The highest BCUT2D eigenvalue weighted by atomic mass is 16.5. The third-order valence-electron chi connectivity index (χ3n) is 6.52. The maximum absolute atomic E-state index is 12.3. The van der Waals surface area contributed by atoms with Gasteiger partial charge in [-0.25, -0.2) is 0 Å². The summed E-state index contributed by atoms with van der Waals surface area (Å²) in [4.78, 5) is 18.4. The molecular formula is C23H29N2O3+. The van der Waals surface area contributed by atoms with E-state index in [-0.39, 0.29) is 18.1 Å². The van der Waals surface area contributed by atoms with E-state index in [1.165, 1.54) is 11.3 Å². The second kappa shape index (κ2) is 7.92. The SMILES string of the molecule is C=C[C@H]1C[NH+]2CC[C@H]1C[C@H]2[C@H](OC(=O)CC)c1ccnc2ccc(OC)cc12. The highest BCUT2D eigenvalue weighted by Crippen LogP contribution is 2.36. The normalized spacial score (nSPS) is 27.4. The number of carbonyl (C=O) groups excluding carboxylic acids is 1. The first kappa shape index (κ1) is 18.9. The molecule has 28 heavy (non-hydrogen) atoms. The Kier molecular flexibility index (Phi) is 5.36. The van der Waals surface area contributed by atoms with Crippen LogP contribution in [0, 0.1) is 11.8 Å². The summed E-state index contributed by atoms with van der Waals surface area (Å²) in [6, 6.07) is 8.15. The number of quaternary nitrogens is 1. The number of piperidine rings is 3. The minimum atomic E-state index is -0.270. The number of benzene rings is 1. The van der Waals surface area contributed by atoms with Gasteiger partial charge in [-0.05, 0) is 30.2 Å². The molecule has 0 amide bonds. The lowest BCUT2D eigenvalue weighted by Crippen LogP contribution is -3.20. The van der Waals surface area contributed by atoms with Gasteiger partial charge in [-0.1, -0.05) is 13.0 Å². The maximum atomic E-state index is 12.3. The monoisotopic (exact) mass is 381 g/mol. The number of esters is 1. The standard InChI is InChI=1S/C23H28N2O3/c1-4-15-14-25-11-9-16(15)12-21(25)23(28-22(26)5-2)18-8-10-24-20-7-6-17(27-3)13-19(18)20/h4,6-8,10,13,15-16,21,23H,1,5,9,11-12,14H2,2-3H3/p+1/t15-,16-,21-,23+/m0/s1. The summed E-state index contributed by atoms with van der Waals surface area (Å²) in [6.07, 6.45) is 6.32. The summed E-state index contributed by atoms with van der Waals surface area (Å²) in [5.41, 5.74) is 1.93. The second-order valence-electron chi connectivity index (χ2n) is 7.95. The molecule has 3 aliphatic heterocycles. The lowest BCUT2D eigenvalue weighted by molar-refractivity contribution is -0.949. The fourth-order valence-corrected chi connectivity index (χ4v) is 5.00. The van der Waals surface area contributed by atoms with Crippen molar-refractivity contribution in [3.05, 3.63) is 48.7 Å². The Morgan fingerprint density at radius 1 is 1.43 bits per heavy atom. The molecule has 0 saturated carbocycles. The van der Waals surface area contributed by atoms with E-state index in [2.05, 4.69) is 17.6 Å². The van der Waals surface area contributed by atoms with Gasteiger partial charge in [0.05, 0.1) is 25.7 Å². The minimum absolute atomic E-state index is 0.153. The lowest BCUT2D eigenvalue weighted by atomic mass is 9.73. The molecule has 5 nitrogen and oxygen atoms in total. The molecule has 3 saturated heterocycles. The van der Waals surface area contributed by atoms with Gasteiger partial charge < -0.3 is 14.4 Å². The smallest absolute Gasteiger partial charge is 0.306 e. The number of pyridine rings is 1. The Morgan fingerprint density at radius 2 is 2.29 bits per heavy atom. The van der Waals surface area contributed by atoms with Crippen LogP contribution in [-0.2, 0) is 9.53 Å². The molecule has 0 radical (unpaired) electrons. The van der Waals surface area contributed by atoms with E-state index in [1.807, 2.05) is 37.4 Å². The number of carbonyl (C=O) groups is 1. The number of fused-ring (bicyclic) bond motifs is 4. The number of aromatic nitrogens is 1. The number of nitrogens with zero attached hydrogens (tertiary/aromatic N) is 1. The van der Waals surface area contributed by atoms with Crippen LogP contribution in [0.25, 0.3) is 10.9 Å². The highest BCUT2D eigenvalue weighted by Gasteiger charge is 2.47. The first-order valence-corrected chi connectivity index (χ1v) is 10.2. The van der Waals surface area contributed by atoms with Crippen LogP contribution in [0.2, 0.25) is 0 Å². The van der Waals surface area contributed by atoms with Crippen LogP contribution in [0.15, 0.2) is 43.1 Å². The molecule has 2 bridgehead atoms. The largest absolute Gasteiger partial charge is 0.497 e. The van der Waals surface area contributed by atoms with Crippen molar-refractivity contribution in [2.45, 2.75) is 38.3 Å². The Hall–Kier alpha value is -2.40. The molecule has 5 heteroatoms. The number of rotatable bonds is 6. The number of hydrogen-bond acceptors (Lipinski definition) is 4. The summed E-state index contributed by atoms with van der Waals surface area (Å²) in [7, 11) is 1.66. The topological polar surface area (TPSA) is 52.9 Å². The van der Waals surface area contributed by atoms with Crippen molar-refractivity contribution in [2.24, 2.45) is 11.8 Å². The Balaban J connectivity index is 1.76. The third-order valence-corrected chi connectivity index (χ3v) is 6.52. The van der Waals surface area contributed by atoms with Gasteiger partial charge in [0.1, 0.15) is 11.8 Å². The molecule has 0 spiro atoms. The summed E-state index contributed by atoms with van der Waals surface area (Å²) >= 11 is 0. The van der Waals surface area contributed by atoms with Crippen LogP contribution < -0.4 is 9.64 Å². The van der Waals surface area contributed by atoms with Gasteiger partial charge in [0.2, 0.25) is 0 Å². The van der Waals surface area contributed by atoms with Crippen LogP contribution in [0.5, 0.6) is 5.75 Å². The van der Waals surface area contributed by atoms with E-state index in [0.29, 0.717) is 18.3 Å². The number of hydrogen-bond donors (Lipinski definition) is 1. The molecule has 3 aliphatic rings. The molecular weight excluding hydrogens is 352 g/mol. The van der Waals surface area contributed by atoms with Gasteiger partial charge in [-0.15, -0.1) is 6.58 Å². The number of ether oxygens (including phenoxy) is 2. The van der Waals surface area contributed by atoms with E-state index in [4.69, 9.17) is 9.47 Å². The molecule has 1 aromatic heterocycles. The first-order valence-electron chi connectivity index (χ1n) is 10.2. The van der Waals surface area contributed by atoms with Crippen LogP contribution in [0.1, 0.15) is 37.9 Å². The van der Waals surface area contributed by atoms with Gasteiger partial charge in [-0.3, -0.25) is 9.78 Å². The summed E-state index contributed by atoms with van der Waals surface area (Å²) in [5.74, 6) is 1.83. The van der Waals surface area contributed by atoms with Gasteiger partial charge in [0.25, 0.3) is 0 Å². The van der Waals surface area contributed by atoms with E-state index in [9.17, 15) is 4.79 Å². The van der Waals surface area contributed by atoms with Crippen molar-refractivity contribution in [1.29, 1.82) is 0 Å². The molecule has 5 rings (SSSR count). The number of nitrogens with one attached hydrogen (secondary N) is 1. The zero-order valence-electron chi connectivity index (χ0n) is 16.7. The van der Waals surface area contributed by atoms with Gasteiger partial charge in [0.15, 0.2) is 6.10 Å². The van der Waals surface area contributed by atoms with Crippen LogP contribution in [0.4, 0.5) is 0 Å². The molecule has 4 heterocycles. The number of methoxy groups -OCH3 is 1. The average molecular weight is 381 g/mol. The van der Waals surface area contributed by atoms with Crippen molar-refractivity contribution < 1.29 is 19.2 Å². The lowest BCUT2D eigenvalue weighted by Gasteiger charge is -2.48. The van der Waals surface area contributed by atoms with Crippen molar-refractivity contribution >= 4 is 16.9 Å². The summed E-state index contributed by atoms with van der Waals surface area (Å²) in [6.45, 7) is 8.09. The first-order chi connectivity index (χ1) is 13.6. The minimum Gasteiger partial charge on any atom is -0.497 e. The predicted octanol–water partition coefficient (Wildman–Crippen LogP) is 2.72. The fraction of sp³-hybridized carbons (Fsp3) is 0.478. The zero-order valence-corrected chi connectivity index (χ0v) is 16.7. The van der Waals surface area contributed by atoms with E-state index in [1.54, 1.807) is 7.11 Å². The fourth-order valence-electron chi connectivity index (χ4n) is 5.00. The molecule has 1 N–H and O–H groups in total. The molecule has 1 unspecified atom stereocenters. The van der Waals surface area contributed by atoms with E-state index >= 15 is 0 Å². The Labute approximate surface area is 166 Å². The van der Waals surface area contributed by atoms with Crippen molar-refractivity contribution in [2.75, 3.05) is 20.2 Å². The van der Waals surface area contributed by atoms with Crippen molar-refractivity contribution in [1.82, 2.24) is 4.98 Å². The third kappa shape index (κ3) is 3.39. The zero-order chi connectivity index (χ0) is 19.7. The quantitative estimate of drug-likeness (QED) is 0.618. The Morgan fingerprint density at radius 3 is 2.96 bits per heavy atom. The predicted molar refractivity (Wildman–Crippen MR) is 108 cm³/mol. The molecule has 2 aromatic rings. The van der Waals surface area contributed by atoms with Crippen molar-refractivity contribution in [3.8, 4) is 5.75 Å². The molecule has 1 aromatic carbocycles. The molecule has 0 aliphatic carbocycles. The summed E-state index contributed by atoms with van der Waals surface area (Å²) < 4.78 is 11.5. The van der Waals surface area contributed by atoms with E-state index in [0.717, 1.165) is 41.7 Å². The molecule has 148 valence electrons. The van der Waals surface area contributed by atoms with Gasteiger partial charge in [0, 0.05) is 42.3 Å². The summed E-state index contributed by atoms with van der Waals surface area (Å²) in [5, 5.41) is 0.998. The van der Waals surface area contributed by atoms with Crippen LogP contribution in [-0.4, -0.2) is 37.2 Å². The van der Waals surface area contributed by atoms with E-state index < -0.39 is 0 Å². The highest BCUT2D eigenvalue weighted by molar-refractivity contribution is 5.84. The second-order valence-corrected chi connectivity index (χ2v) is 7.95. The Bertz CT molecular complexity index is 881. The van der Waals surface area contributed by atoms with Gasteiger partial charge >= 0.3 is 5.97 Å². The molecule has 5 atom stereocenters. The average Bonchev–Trinajstić information content (AvgIpc) is 2.76.